The average Bonchev–Trinajstić information content (AvgIpc) is 2.81. The normalized spacial score (nSPS) is 14.8. The van der Waals surface area contributed by atoms with E-state index in [9.17, 15) is 9.59 Å². The summed E-state index contributed by atoms with van der Waals surface area (Å²) in [6.45, 7) is 4.02. The maximum atomic E-state index is 12.7. The monoisotopic (exact) mass is 420 g/mol. The molecule has 2 heterocycles. The van der Waals surface area contributed by atoms with Gasteiger partial charge in [0.25, 0.3) is 5.91 Å². The summed E-state index contributed by atoms with van der Waals surface area (Å²) in [6, 6.07) is 15.0. The van der Waals surface area contributed by atoms with Gasteiger partial charge in [0.15, 0.2) is 18.1 Å². The van der Waals surface area contributed by atoms with Gasteiger partial charge >= 0.3 is 5.97 Å². The summed E-state index contributed by atoms with van der Waals surface area (Å²) >= 11 is 0. The molecule has 2 aromatic carbocycles. The van der Waals surface area contributed by atoms with Crippen LogP contribution in [0.4, 0.5) is 0 Å². The van der Waals surface area contributed by atoms with Gasteiger partial charge in [-0.1, -0.05) is 37.3 Å². The van der Waals surface area contributed by atoms with Crippen LogP contribution in [0.3, 0.4) is 0 Å². The standard InChI is InChI=1S/C24H24N2O5/c1-3-18-23(15(2)17-8-4-5-9-19(17)26-18)24(28)30-14-22(27)25-12-16-13-29-20-10-6-7-11-21(20)31-16/h4-11,16H,3,12-14H2,1-2H3,(H,25,27)/t16-/m0/s1. The van der Waals surface area contributed by atoms with Crippen LogP contribution < -0.4 is 14.8 Å². The Balaban J connectivity index is 1.35. The number of carbonyl (C=O) groups excluding carboxylic acids is 2. The second-order valence-electron chi connectivity index (χ2n) is 7.31. The van der Waals surface area contributed by atoms with E-state index < -0.39 is 11.9 Å². The molecular weight excluding hydrogens is 396 g/mol. The van der Waals surface area contributed by atoms with Crippen molar-refractivity contribution in [1.29, 1.82) is 0 Å². The number of fused-ring (bicyclic) bond motifs is 2. The average molecular weight is 420 g/mol. The first-order valence-corrected chi connectivity index (χ1v) is 10.3. The molecule has 0 fully saturated rings. The molecule has 1 aliphatic rings. The zero-order valence-corrected chi connectivity index (χ0v) is 17.5. The summed E-state index contributed by atoms with van der Waals surface area (Å²) in [6.07, 6.45) is 0.274. The van der Waals surface area contributed by atoms with Crippen molar-refractivity contribution < 1.29 is 23.8 Å². The SMILES string of the molecule is CCc1nc2ccccc2c(C)c1C(=O)OCC(=O)NC[C@H]1COc2ccccc2O1. The Kier molecular flexibility index (Phi) is 6.02. The summed E-state index contributed by atoms with van der Waals surface area (Å²) in [4.78, 5) is 29.6. The maximum absolute atomic E-state index is 12.7. The number of amides is 1. The lowest BCUT2D eigenvalue weighted by Crippen LogP contribution is -2.42. The van der Waals surface area contributed by atoms with E-state index in [-0.39, 0.29) is 19.3 Å². The van der Waals surface area contributed by atoms with Gasteiger partial charge in [0.2, 0.25) is 0 Å². The highest BCUT2D eigenvalue weighted by atomic mass is 16.6. The predicted molar refractivity (Wildman–Crippen MR) is 116 cm³/mol. The fraction of sp³-hybridized carbons (Fsp3) is 0.292. The third-order valence-electron chi connectivity index (χ3n) is 5.19. The van der Waals surface area contributed by atoms with Gasteiger partial charge in [0.05, 0.1) is 23.3 Å². The second kappa shape index (κ2) is 9.04. The Morgan fingerprint density at radius 1 is 1.13 bits per heavy atom. The topological polar surface area (TPSA) is 86.8 Å². The Morgan fingerprint density at radius 3 is 2.68 bits per heavy atom. The van der Waals surface area contributed by atoms with E-state index in [0.29, 0.717) is 35.8 Å². The lowest BCUT2D eigenvalue weighted by Gasteiger charge is -2.26. The molecule has 1 N–H and O–H groups in total. The molecule has 1 amide bonds. The Bertz CT molecular complexity index is 1130. The fourth-order valence-corrected chi connectivity index (χ4v) is 3.61. The summed E-state index contributed by atoms with van der Waals surface area (Å²) in [7, 11) is 0. The molecule has 1 aromatic heterocycles. The first-order chi connectivity index (χ1) is 15.1. The predicted octanol–water partition coefficient (Wildman–Crippen LogP) is 3.22. The largest absolute Gasteiger partial charge is 0.486 e. The van der Waals surface area contributed by atoms with Crippen molar-refractivity contribution >= 4 is 22.8 Å². The van der Waals surface area contributed by atoms with Crippen LogP contribution in [0.1, 0.15) is 28.5 Å². The highest BCUT2D eigenvalue weighted by molar-refractivity contribution is 5.99. The highest BCUT2D eigenvalue weighted by Crippen LogP contribution is 2.30. The first-order valence-electron chi connectivity index (χ1n) is 10.3. The lowest BCUT2D eigenvalue weighted by atomic mass is 10.0. The summed E-state index contributed by atoms with van der Waals surface area (Å²) < 4.78 is 16.7. The van der Waals surface area contributed by atoms with Crippen LogP contribution in [0, 0.1) is 6.92 Å². The number of aryl methyl sites for hydroxylation is 2. The molecule has 0 bridgehead atoms. The number of esters is 1. The van der Waals surface area contributed by atoms with E-state index >= 15 is 0 Å². The molecule has 1 atom stereocenters. The van der Waals surface area contributed by atoms with E-state index in [1.165, 1.54) is 0 Å². The first kappa shape index (κ1) is 20.7. The number of hydrogen-bond donors (Lipinski definition) is 1. The van der Waals surface area contributed by atoms with Gasteiger partial charge in [-0.25, -0.2) is 4.79 Å². The molecule has 0 unspecified atom stereocenters. The number of nitrogens with one attached hydrogen (secondary N) is 1. The molecule has 0 radical (unpaired) electrons. The van der Waals surface area contributed by atoms with Crippen LogP contribution in [0.5, 0.6) is 11.5 Å². The Morgan fingerprint density at radius 2 is 1.87 bits per heavy atom. The Labute approximate surface area is 180 Å². The minimum atomic E-state index is -0.547. The number of pyridine rings is 1. The van der Waals surface area contributed by atoms with Crippen molar-refractivity contribution in [2.24, 2.45) is 0 Å². The molecule has 7 heteroatoms. The third kappa shape index (κ3) is 4.45. The van der Waals surface area contributed by atoms with Gasteiger partial charge in [-0.3, -0.25) is 9.78 Å². The Hall–Kier alpha value is -3.61. The minimum Gasteiger partial charge on any atom is -0.486 e. The van der Waals surface area contributed by atoms with E-state index in [1.54, 1.807) is 0 Å². The number of ether oxygens (including phenoxy) is 3. The third-order valence-corrected chi connectivity index (χ3v) is 5.19. The number of benzene rings is 2. The maximum Gasteiger partial charge on any atom is 0.340 e. The molecule has 7 nitrogen and oxygen atoms in total. The number of carbonyl (C=O) groups is 2. The second-order valence-corrected chi connectivity index (χ2v) is 7.31. The van der Waals surface area contributed by atoms with Gasteiger partial charge in [-0.15, -0.1) is 0 Å². The molecule has 0 saturated carbocycles. The number of nitrogens with zero attached hydrogens (tertiary/aromatic N) is 1. The molecule has 31 heavy (non-hydrogen) atoms. The fourth-order valence-electron chi connectivity index (χ4n) is 3.61. The lowest BCUT2D eigenvalue weighted by molar-refractivity contribution is -0.124. The van der Waals surface area contributed by atoms with Gasteiger partial charge in [-0.2, -0.15) is 0 Å². The van der Waals surface area contributed by atoms with Crippen LogP contribution in [-0.4, -0.2) is 42.7 Å². The van der Waals surface area contributed by atoms with E-state index in [2.05, 4.69) is 10.3 Å². The molecular formula is C24H24N2O5. The molecule has 0 aliphatic carbocycles. The quantitative estimate of drug-likeness (QED) is 0.616. The van der Waals surface area contributed by atoms with E-state index in [0.717, 1.165) is 16.5 Å². The van der Waals surface area contributed by atoms with Crippen molar-refractivity contribution in [3.05, 3.63) is 65.4 Å². The van der Waals surface area contributed by atoms with Crippen LogP contribution in [0.2, 0.25) is 0 Å². The minimum absolute atomic E-state index is 0.251. The molecule has 160 valence electrons. The van der Waals surface area contributed by atoms with Crippen molar-refractivity contribution in [2.75, 3.05) is 19.8 Å². The number of aromatic nitrogens is 1. The summed E-state index contributed by atoms with van der Waals surface area (Å²) in [5.74, 6) is 0.380. The summed E-state index contributed by atoms with van der Waals surface area (Å²) in [5, 5.41) is 3.62. The van der Waals surface area contributed by atoms with Crippen LogP contribution in [0.15, 0.2) is 48.5 Å². The van der Waals surface area contributed by atoms with Crippen molar-refractivity contribution in [3.8, 4) is 11.5 Å². The van der Waals surface area contributed by atoms with E-state index in [1.807, 2.05) is 62.4 Å². The molecule has 0 saturated heterocycles. The molecule has 4 rings (SSSR count). The van der Waals surface area contributed by atoms with Gasteiger partial charge in [-0.05, 0) is 37.1 Å². The highest BCUT2D eigenvalue weighted by Gasteiger charge is 2.22. The van der Waals surface area contributed by atoms with Gasteiger partial charge in [0, 0.05) is 5.39 Å². The van der Waals surface area contributed by atoms with E-state index in [4.69, 9.17) is 14.2 Å². The number of hydrogen-bond acceptors (Lipinski definition) is 6. The van der Waals surface area contributed by atoms with Crippen LogP contribution in [0.25, 0.3) is 10.9 Å². The van der Waals surface area contributed by atoms with Crippen LogP contribution in [-0.2, 0) is 16.0 Å². The summed E-state index contributed by atoms with van der Waals surface area (Å²) in [5.41, 5.74) is 2.73. The smallest absolute Gasteiger partial charge is 0.340 e. The van der Waals surface area contributed by atoms with Gasteiger partial charge < -0.3 is 19.5 Å². The molecule has 0 spiro atoms. The van der Waals surface area contributed by atoms with Crippen molar-refractivity contribution in [2.45, 2.75) is 26.4 Å². The van der Waals surface area contributed by atoms with Crippen molar-refractivity contribution in [3.63, 3.8) is 0 Å². The zero-order chi connectivity index (χ0) is 21.8. The zero-order valence-electron chi connectivity index (χ0n) is 17.5. The van der Waals surface area contributed by atoms with Crippen molar-refractivity contribution in [1.82, 2.24) is 10.3 Å². The van der Waals surface area contributed by atoms with Gasteiger partial charge in [0.1, 0.15) is 12.7 Å². The molecule has 1 aliphatic heterocycles. The number of para-hydroxylation sites is 3. The molecule has 3 aromatic rings. The number of rotatable bonds is 6. The van der Waals surface area contributed by atoms with Crippen LogP contribution >= 0.6 is 0 Å².